The van der Waals surface area contributed by atoms with Crippen LogP contribution in [0.1, 0.15) is 32.2 Å². The molecule has 0 aliphatic rings. The van der Waals surface area contributed by atoms with Crippen molar-refractivity contribution in [2.45, 2.75) is 13.8 Å². The third-order valence-corrected chi connectivity index (χ3v) is 4.93. The SMILES string of the molecule is Cc1cc(C(=O)Nc2csc(-c3ccc(Cl)cc3)c2C(=O)O)c(C)o1. The fourth-order valence-electron chi connectivity index (χ4n) is 2.52. The molecule has 0 radical (unpaired) electrons. The van der Waals surface area contributed by atoms with Crippen molar-refractivity contribution >= 4 is 40.5 Å². The van der Waals surface area contributed by atoms with Crippen LogP contribution in [-0.2, 0) is 0 Å². The van der Waals surface area contributed by atoms with E-state index in [1.165, 1.54) is 11.3 Å². The van der Waals surface area contributed by atoms with Crippen molar-refractivity contribution in [2.24, 2.45) is 0 Å². The number of carbonyl (C=O) groups is 2. The van der Waals surface area contributed by atoms with Crippen molar-refractivity contribution in [3.63, 3.8) is 0 Å². The van der Waals surface area contributed by atoms with Crippen LogP contribution in [0, 0.1) is 13.8 Å². The second kappa shape index (κ2) is 6.74. The van der Waals surface area contributed by atoms with Crippen LogP contribution >= 0.6 is 22.9 Å². The Bertz CT molecular complexity index is 956. The number of carbonyl (C=O) groups excluding carboxylic acids is 1. The van der Waals surface area contributed by atoms with E-state index in [4.69, 9.17) is 16.0 Å². The van der Waals surface area contributed by atoms with Crippen LogP contribution in [0.5, 0.6) is 0 Å². The number of aryl methyl sites for hydroxylation is 2. The fourth-order valence-corrected chi connectivity index (χ4v) is 3.65. The molecule has 3 aromatic rings. The molecular formula is C18H14ClNO4S. The molecule has 5 nitrogen and oxygen atoms in total. The van der Waals surface area contributed by atoms with E-state index in [9.17, 15) is 14.7 Å². The van der Waals surface area contributed by atoms with E-state index in [1.807, 2.05) is 0 Å². The normalized spacial score (nSPS) is 10.7. The molecule has 1 aromatic carbocycles. The van der Waals surface area contributed by atoms with Gasteiger partial charge < -0.3 is 14.8 Å². The predicted octanol–water partition coefficient (Wildman–Crippen LogP) is 5.23. The second-order valence-electron chi connectivity index (χ2n) is 5.45. The van der Waals surface area contributed by atoms with Crippen molar-refractivity contribution in [3.05, 3.63) is 63.4 Å². The molecule has 2 N–H and O–H groups in total. The number of hydrogen-bond acceptors (Lipinski definition) is 4. The first-order valence-electron chi connectivity index (χ1n) is 7.36. The molecule has 7 heteroatoms. The van der Waals surface area contributed by atoms with Gasteiger partial charge in [-0.3, -0.25) is 4.79 Å². The zero-order chi connectivity index (χ0) is 18.1. The number of carboxylic acid groups (broad SMARTS) is 1. The van der Waals surface area contributed by atoms with Crippen LogP contribution in [0.25, 0.3) is 10.4 Å². The highest BCUT2D eigenvalue weighted by atomic mass is 35.5. The largest absolute Gasteiger partial charge is 0.478 e. The van der Waals surface area contributed by atoms with E-state index < -0.39 is 11.9 Å². The molecule has 0 unspecified atom stereocenters. The average Bonchev–Trinajstić information content (AvgIpc) is 3.11. The van der Waals surface area contributed by atoms with E-state index in [1.54, 1.807) is 49.6 Å². The Morgan fingerprint density at radius 2 is 1.88 bits per heavy atom. The first-order chi connectivity index (χ1) is 11.9. The molecule has 128 valence electrons. The Hall–Kier alpha value is -2.57. The van der Waals surface area contributed by atoms with Crippen molar-refractivity contribution in [2.75, 3.05) is 5.32 Å². The van der Waals surface area contributed by atoms with Crippen molar-refractivity contribution < 1.29 is 19.1 Å². The zero-order valence-electron chi connectivity index (χ0n) is 13.4. The molecule has 3 rings (SSSR count). The molecule has 0 aliphatic heterocycles. The van der Waals surface area contributed by atoms with Gasteiger partial charge in [-0.2, -0.15) is 0 Å². The van der Waals surface area contributed by atoms with Gasteiger partial charge in [0.2, 0.25) is 0 Å². The van der Waals surface area contributed by atoms with Crippen molar-refractivity contribution in [3.8, 4) is 10.4 Å². The lowest BCUT2D eigenvalue weighted by molar-refractivity contribution is 0.0699. The minimum atomic E-state index is -1.11. The topological polar surface area (TPSA) is 79.5 Å². The summed E-state index contributed by atoms with van der Waals surface area (Å²) in [6.45, 7) is 3.43. The van der Waals surface area contributed by atoms with Gasteiger partial charge >= 0.3 is 5.97 Å². The lowest BCUT2D eigenvalue weighted by Gasteiger charge is -2.06. The summed E-state index contributed by atoms with van der Waals surface area (Å²) >= 11 is 7.13. The summed E-state index contributed by atoms with van der Waals surface area (Å²) < 4.78 is 5.35. The standard InChI is InChI=1S/C18H14ClNO4S/c1-9-7-13(10(2)24-9)17(21)20-14-8-25-16(15(14)18(22)23)11-3-5-12(19)6-4-11/h3-8H,1-2H3,(H,20,21)(H,22,23). The second-order valence-corrected chi connectivity index (χ2v) is 6.76. The van der Waals surface area contributed by atoms with Gasteiger partial charge in [0.25, 0.3) is 5.91 Å². The lowest BCUT2D eigenvalue weighted by atomic mass is 10.1. The summed E-state index contributed by atoms with van der Waals surface area (Å²) in [7, 11) is 0. The first kappa shape index (κ1) is 17.3. The maximum Gasteiger partial charge on any atom is 0.339 e. The third-order valence-electron chi connectivity index (χ3n) is 3.65. The predicted molar refractivity (Wildman–Crippen MR) is 97.9 cm³/mol. The van der Waals surface area contributed by atoms with E-state index in [0.717, 1.165) is 5.56 Å². The van der Waals surface area contributed by atoms with Gasteiger partial charge in [0.1, 0.15) is 17.1 Å². The quantitative estimate of drug-likeness (QED) is 0.654. The highest BCUT2D eigenvalue weighted by Crippen LogP contribution is 2.36. The summed E-state index contributed by atoms with van der Waals surface area (Å²) in [5, 5.41) is 14.5. The Morgan fingerprint density at radius 1 is 1.20 bits per heavy atom. The molecule has 0 spiro atoms. The smallest absolute Gasteiger partial charge is 0.339 e. The number of thiophene rings is 1. The van der Waals surface area contributed by atoms with Gasteiger partial charge in [-0.15, -0.1) is 11.3 Å². The number of benzene rings is 1. The van der Waals surface area contributed by atoms with E-state index >= 15 is 0 Å². The van der Waals surface area contributed by atoms with Gasteiger partial charge in [0.05, 0.1) is 16.1 Å². The van der Waals surface area contributed by atoms with Crippen molar-refractivity contribution in [1.29, 1.82) is 0 Å². The molecular weight excluding hydrogens is 362 g/mol. The summed E-state index contributed by atoms with van der Waals surface area (Å²) in [5.41, 5.74) is 1.42. The lowest BCUT2D eigenvalue weighted by Crippen LogP contribution is -2.14. The van der Waals surface area contributed by atoms with Crippen LogP contribution in [0.4, 0.5) is 5.69 Å². The van der Waals surface area contributed by atoms with Crippen LogP contribution in [0.2, 0.25) is 5.02 Å². The van der Waals surface area contributed by atoms with Crippen LogP contribution in [-0.4, -0.2) is 17.0 Å². The minimum absolute atomic E-state index is 0.0542. The first-order valence-corrected chi connectivity index (χ1v) is 8.61. The van der Waals surface area contributed by atoms with Gasteiger partial charge in [-0.1, -0.05) is 23.7 Å². The maximum absolute atomic E-state index is 12.4. The van der Waals surface area contributed by atoms with Crippen LogP contribution < -0.4 is 5.32 Å². The Balaban J connectivity index is 1.97. The highest BCUT2D eigenvalue weighted by Gasteiger charge is 2.22. The molecule has 1 amide bonds. The van der Waals surface area contributed by atoms with Crippen molar-refractivity contribution in [1.82, 2.24) is 0 Å². The number of anilines is 1. The number of amides is 1. The van der Waals surface area contributed by atoms with E-state index in [0.29, 0.717) is 27.0 Å². The molecule has 0 fully saturated rings. The van der Waals surface area contributed by atoms with Gasteiger partial charge in [-0.05, 0) is 37.6 Å². The third kappa shape index (κ3) is 3.45. The number of furan rings is 1. The summed E-state index contributed by atoms with van der Waals surface area (Å²) in [5.74, 6) is -0.410. The molecule has 0 atom stereocenters. The number of nitrogens with one attached hydrogen (secondary N) is 1. The molecule has 0 aliphatic carbocycles. The van der Waals surface area contributed by atoms with E-state index in [-0.39, 0.29) is 11.3 Å². The summed E-state index contributed by atoms with van der Waals surface area (Å²) in [6.07, 6.45) is 0. The Labute approximate surface area is 152 Å². The van der Waals surface area contributed by atoms with Gasteiger partial charge in [0, 0.05) is 10.4 Å². The monoisotopic (exact) mass is 375 g/mol. The Kier molecular flexibility index (Phi) is 4.65. The summed E-state index contributed by atoms with van der Waals surface area (Å²) in [6, 6.07) is 8.50. The number of carboxylic acids is 1. The van der Waals surface area contributed by atoms with E-state index in [2.05, 4.69) is 5.32 Å². The van der Waals surface area contributed by atoms with Crippen LogP contribution in [0.3, 0.4) is 0 Å². The summed E-state index contributed by atoms with van der Waals surface area (Å²) in [4.78, 5) is 24.7. The minimum Gasteiger partial charge on any atom is -0.478 e. The molecule has 2 aromatic heterocycles. The van der Waals surface area contributed by atoms with Crippen LogP contribution in [0.15, 0.2) is 40.1 Å². The number of hydrogen-bond donors (Lipinski definition) is 2. The number of halogens is 1. The number of aromatic carboxylic acids is 1. The van der Waals surface area contributed by atoms with Gasteiger partial charge in [0.15, 0.2) is 0 Å². The zero-order valence-corrected chi connectivity index (χ0v) is 15.0. The maximum atomic E-state index is 12.4. The Morgan fingerprint density at radius 3 is 2.44 bits per heavy atom. The molecule has 25 heavy (non-hydrogen) atoms. The average molecular weight is 376 g/mol. The molecule has 0 saturated carbocycles. The molecule has 0 saturated heterocycles. The fraction of sp³-hybridized carbons (Fsp3) is 0.111. The number of rotatable bonds is 4. The molecule has 2 heterocycles. The molecule has 0 bridgehead atoms. The van der Waals surface area contributed by atoms with Gasteiger partial charge in [-0.25, -0.2) is 4.79 Å². The highest BCUT2D eigenvalue weighted by molar-refractivity contribution is 7.14.